The standard InChI is InChI=1S/C12H13F4NO2/c13-9-7-8(11(18)19)3-4-10(9)17-6-2-1-5-12(14,15)16/h3-4,7,17H,1-2,5-6H2,(H,18,19). The number of carbonyl (C=O) groups is 1. The Morgan fingerprint density at radius 2 is 1.95 bits per heavy atom. The Morgan fingerprint density at radius 1 is 1.26 bits per heavy atom. The summed E-state index contributed by atoms with van der Waals surface area (Å²) < 4.78 is 49.0. The molecule has 106 valence electrons. The Bertz CT molecular complexity index is 446. The first-order valence-electron chi connectivity index (χ1n) is 5.63. The van der Waals surface area contributed by atoms with E-state index in [1.165, 1.54) is 12.1 Å². The molecule has 0 aromatic heterocycles. The number of nitrogens with one attached hydrogen (secondary N) is 1. The molecular formula is C12H13F4NO2. The molecule has 1 rings (SSSR count). The molecule has 7 heteroatoms. The van der Waals surface area contributed by atoms with Crippen LogP contribution in [-0.4, -0.2) is 23.8 Å². The summed E-state index contributed by atoms with van der Waals surface area (Å²) in [7, 11) is 0. The molecule has 0 radical (unpaired) electrons. The summed E-state index contributed by atoms with van der Waals surface area (Å²) in [5.41, 5.74) is -0.0999. The van der Waals surface area contributed by atoms with Crippen LogP contribution in [0.25, 0.3) is 0 Å². The molecule has 0 saturated heterocycles. The van der Waals surface area contributed by atoms with Gasteiger partial charge in [0.25, 0.3) is 0 Å². The summed E-state index contributed by atoms with van der Waals surface area (Å²) in [6, 6.07) is 3.34. The fourth-order valence-electron chi connectivity index (χ4n) is 1.47. The summed E-state index contributed by atoms with van der Waals surface area (Å²) in [5, 5.41) is 11.3. The smallest absolute Gasteiger partial charge is 0.389 e. The van der Waals surface area contributed by atoms with E-state index >= 15 is 0 Å². The van der Waals surface area contributed by atoms with Gasteiger partial charge in [-0.1, -0.05) is 0 Å². The highest BCUT2D eigenvalue weighted by Crippen LogP contribution is 2.22. The molecule has 1 aromatic carbocycles. The van der Waals surface area contributed by atoms with Gasteiger partial charge in [-0.25, -0.2) is 9.18 Å². The van der Waals surface area contributed by atoms with E-state index in [0.29, 0.717) is 0 Å². The van der Waals surface area contributed by atoms with Gasteiger partial charge in [-0.2, -0.15) is 13.2 Å². The van der Waals surface area contributed by atoms with Crippen LogP contribution in [0.2, 0.25) is 0 Å². The van der Waals surface area contributed by atoms with E-state index in [2.05, 4.69) is 5.32 Å². The highest BCUT2D eigenvalue weighted by Gasteiger charge is 2.25. The lowest BCUT2D eigenvalue weighted by Gasteiger charge is -2.09. The maximum absolute atomic E-state index is 13.4. The summed E-state index contributed by atoms with van der Waals surface area (Å²) in [4.78, 5) is 10.6. The first kappa shape index (κ1) is 15.3. The number of alkyl halides is 3. The number of anilines is 1. The Labute approximate surface area is 107 Å². The molecule has 0 amide bonds. The van der Waals surface area contributed by atoms with Gasteiger partial charge in [0.15, 0.2) is 0 Å². The van der Waals surface area contributed by atoms with Crippen LogP contribution in [0.4, 0.5) is 23.2 Å². The van der Waals surface area contributed by atoms with Crippen molar-refractivity contribution in [3.63, 3.8) is 0 Å². The van der Waals surface area contributed by atoms with Crippen LogP contribution in [-0.2, 0) is 0 Å². The zero-order chi connectivity index (χ0) is 14.5. The predicted octanol–water partition coefficient (Wildman–Crippen LogP) is 3.67. The third-order valence-corrected chi connectivity index (χ3v) is 2.42. The van der Waals surface area contributed by atoms with Crippen LogP contribution in [0.1, 0.15) is 29.6 Å². The summed E-state index contributed by atoms with van der Waals surface area (Å²) in [6.45, 7) is 0.194. The maximum atomic E-state index is 13.4. The number of carboxylic acid groups (broad SMARTS) is 1. The Hall–Kier alpha value is -1.79. The zero-order valence-corrected chi connectivity index (χ0v) is 9.93. The van der Waals surface area contributed by atoms with Crippen molar-refractivity contribution in [2.45, 2.75) is 25.4 Å². The Balaban J connectivity index is 2.40. The molecule has 0 atom stereocenters. The number of aromatic carboxylic acids is 1. The summed E-state index contributed by atoms with van der Waals surface area (Å²) in [5.74, 6) is -1.98. The minimum atomic E-state index is -4.17. The monoisotopic (exact) mass is 279 g/mol. The molecule has 1 aromatic rings. The Morgan fingerprint density at radius 3 is 2.47 bits per heavy atom. The van der Waals surface area contributed by atoms with Gasteiger partial charge in [0.1, 0.15) is 5.82 Å². The van der Waals surface area contributed by atoms with Gasteiger partial charge in [-0.15, -0.1) is 0 Å². The number of unbranched alkanes of at least 4 members (excludes halogenated alkanes) is 1. The molecule has 3 nitrogen and oxygen atoms in total. The third-order valence-electron chi connectivity index (χ3n) is 2.42. The van der Waals surface area contributed by atoms with Crippen LogP contribution in [0.15, 0.2) is 18.2 Å². The van der Waals surface area contributed by atoms with E-state index in [4.69, 9.17) is 5.11 Å². The van der Waals surface area contributed by atoms with E-state index in [0.717, 1.165) is 6.07 Å². The van der Waals surface area contributed by atoms with E-state index in [1.54, 1.807) is 0 Å². The largest absolute Gasteiger partial charge is 0.478 e. The number of carboxylic acids is 1. The highest BCUT2D eigenvalue weighted by atomic mass is 19.4. The zero-order valence-electron chi connectivity index (χ0n) is 9.93. The summed E-state index contributed by atoms with van der Waals surface area (Å²) in [6.07, 6.45) is -4.82. The Kier molecular flexibility index (Phi) is 5.14. The fourth-order valence-corrected chi connectivity index (χ4v) is 1.47. The van der Waals surface area contributed by atoms with Crippen LogP contribution in [0, 0.1) is 5.82 Å². The molecule has 0 spiro atoms. The lowest BCUT2D eigenvalue weighted by Crippen LogP contribution is -2.09. The predicted molar refractivity (Wildman–Crippen MR) is 61.8 cm³/mol. The molecule has 2 N–H and O–H groups in total. The van der Waals surface area contributed by atoms with Crippen molar-refractivity contribution >= 4 is 11.7 Å². The maximum Gasteiger partial charge on any atom is 0.389 e. The van der Waals surface area contributed by atoms with Gasteiger partial charge in [-0.05, 0) is 31.0 Å². The van der Waals surface area contributed by atoms with Gasteiger partial charge in [-0.3, -0.25) is 0 Å². The minimum absolute atomic E-state index is 0.0364. The van der Waals surface area contributed by atoms with Crippen LogP contribution < -0.4 is 5.32 Å². The van der Waals surface area contributed by atoms with Gasteiger partial charge in [0, 0.05) is 13.0 Å². The number of hydrogen-bond acceptors (Lipinski definition) is 2. The van der Waals surface area contributed by atoms with Crippen molar-refractivity contribution in [3.05, 3.63) is 29.6 Å². The molecule has 0 aliphatic carbocycles. The van der Waals surface area contributed by atoms with E-state index in [1.807, 2.05) is 0 Å². The minimum Gasteiger partial charge on any atom is -0.478 e. The van der Waals surface area contributed by atoms with Crippen LogP contribution in [0.3, 0.4) is 0 Å². The second kappa shape index (κ2) is 6.40. The van der Waals surface area contributed by atoms with Gasteiger partial charge >= 0.3 is 12.1 Å². The van der Waals surface area contributed by atoms with E-state index in [-0.39, 0.29) is 30.6 Å². The van der Waals surface area contributed by atoms with E-state index < -0.39 is 24.4 Å². The van der Waals surface area contributed by atoms with Crippen molar-refractivity contribution in [2.24, 2.45) is 0 Å². The normalized spacial score (nSPS) is 11.4. The SMILES string of the molecule is O=C(O)c1ccc(NCCCCC(F)(F)F)c(F)c1. The van der Waals surface area contributed by atoms with Gasteiger partial charge < -0.3 is 10.4 Å². The van der Waals surface area contributed by atoms with E-state index in [9.17, 15) is 22.4 Å². The lowest BCUT2D eigenvalue weighted by atomic mass is 10.2. The number of rotatable bonds is 6. The van der Waals surface area contributed by atoms with Crippen LogP contribution in [0.5, 0.6) is 0 Å². The number of hydrogen-bond donors (Lipinski definition) is 2. The second-order valence-corrected chi connectivity index (χ2v) is 4.00. The summed E-state index contributed by atoms with van der Waals surface area (Å²) >= 11 is 0. The third kappa shape index (κ3) is 5.58. The molecule has 0 heterocycles. The first-order valence-corrected chi connectivity index (χ1v) is 5.63. The average molecular weight is 279 g/mol. The first-order chi connectivity index (χ1) is 8.79. The van der Waals surface area contributed by atoms with Crippen molar-refractivity contribution in [1.82, 2.24) is 0 Å². The second-order valence-electron chi connectivity index (χ2n) is 4.00. The van der Waals surface area contributed by atoms with Gasteiger partial charge in [0.2, 0.25) is 0 Å². The molecule has 0 saturated carbocycles. The number of halogens is 4. The average Bonchev–Trinajstić information content (AvgIpc) is 2.28. The molecule has 19 heavy (non-hydrogen) atoms. The lowest BCUT2D eigenvalue weighted by molar-refractivity contribution is -0.135. The van der Waals surface area contributed by atoms with Crippen molar-refractivity contribution in [3.8, 4) is 0 Å². The van der Waals surface area contributed by atoms with Crippen LogP contribution >= 0.6 is 0 Å². The van der Waals surface area contributed by atoms with Crippen molar-refractivity contribution in [1.29, 1.82) is 0 Å². The van der Waals surface area contributed by atoms with Gasteiger partial charge in [0.05, 0.1) is 11.3 Å². The van der Waals surface area contributed by atoms with Crippen molar-refractivity contribution in [2.75, 3.05) is 11.9 Å². The highest BCUT2D eigenvalue weighted by molar-refractivity contribution is 5.88. The molecular weight excluding hydrogens is 266 g/mol. The quantitative estimate of drug-likeness (QED) is 0.617. The fraction of sp³-hybridized carbons (Fsp3) is 0.417. The molecule has 0 aliphatic heterocycles. The molecule has 0 unspecified atom stereocenters. The van der Waals surface area contributed by atoms with Crippen molar-refractivity contribution < 1.29 is 27.5 Å². The number of benzene rings is 1. The molecule has 0 fully saturated rings. The molecule has 0 bridgehead atoms. The topological polar surface area (TPSA) is 49.3 Å². The molecule has 0 aliphatic rings.